The first-order valence-corrected chi connectivity index (χ1v) is 25.2. The zero-order valence-corrected chi connectivity index (χ0v) is 43.9. The monoisotopic (exact) mass is 1070 g/mol. The second kappa shape index (κ2) is 32.9. The normalized spacial score (nSPS) is 15.2. The van der Waals surface area contributed by atoms with Gasteiger partial charge >= 0.3 is 11.9 Å². The number of benzene rings is 2. The molecule has 2 aromatic rings. The van der Waals surface area contributed by atoms with E-state index in [1.165, 1.54) is 24.3 Å². The van der Waals surface area contributed by atoms with Crippen molar-refractivity contribution in [2.45, 2.75) is 147 Å². The molecule has 0 spiro atoms. The third kappa shape index (κ3) is 22.3. The van der Waals surface area contributed by atoms with E-state index in [0.29, 0.717) is 24.0 Å². The third-order valence-electron chi connectivity index (χ3n) is 12.2. The minimum Gasteiger partial charge on any atom is -0.508 e. The van der Waals surface area contributed by atoms with E-state index in [9.17, 15) is 68.4 Å². The van der Waals surface area contributed by atoms with E-state index in [1.807, 2.05) is 0 Å². The fourth-order valence-corrected chi connectivity index (χ4v) is 7.62. The van der Waals surface area contributed by atoms with E-state index in [4.69, 9.17) is 16.6 Å². The summed E-state index contributed by atoms with van der Waals surface area (Å²) in [6.07, 6.45) is -0.122. The predicted octanol–water partition coefficient (Wildman–Crippen LogP) is -2.20. The number of unbranched alkanes of at least 4 members (excludes halogenated alkanes) is 1. The van der Waals surface area contributed by atoms with Crippen molar-refractivity contribution in [1.29, 1.82) is 0 Å². The quantitative estimate of drug-likeness (QED) is 0.0331. The summed E-state index contributed by atoms with van der Waals surface area (Å²) in [5.74, 6) is -11.7. The van der Waals surface area contributed by atoms with Gasteiger partial charge in [-0.1, -0.05) is 90.4 Å². The molecule has 2 rings (SSSR count). The van der Waals surface area contributed by atoms with Crippen LogP contribution in [0.25, 0.3) is 0 Å². The maximum absolute atomic E-state index is 14.3. The molecule has 422 valence electrons. The number of aliphatic carboxylic acids is 2. The van der Waals surface area contributed by atoms with E-state index in [1.54, 1.807) is 71.9 Å². The number of nitrogens with two attached hydrogens (primary N) is 2. The highest BCUT2D eigenvalue weighted by atomic mass is 16.4. The summed E-state index contributed by atoms with van der Waals surface area (Å²) in [7, 11) is 0. The number of hydrogen-bond donors (Lipinski definition) is 15. The van der Waals surface area contributed by atoms with Gasteiger partial charge in [-0.25, -0.2) is 4.79 Å². The topological polar surface area (TPSA) is 420 Å². The summed E-state index contributed by atoms with van der Waals surface area (Å²) in [5.41, 5.74) is 12.4. The van der Waals surface area contributed by atoms with Crippen LogP contribution in [-0.2, 0) is 60.8 Å². The highest BCUT2D eigenvalue weighted by molar-refractivity contribution is 5.98. The van der Waals surface area contributed by atoms with Crippen LogP contribution in [-0.4, -0.2) is 159 Å². The number of carboxylic acid groups (broad SMARTS) is 2. The summed E-state index contributed by atoms with van der Waals surface area (Å²) < 4.78 is 0. The molecule has 0 radical (unpaired) electrons. The fraction of sp³-hybridized carbons (Fsp3) is 0.569. The number of carbonyl (C=O) groups excluding carboxylic acids is 8. The summed E-state index contributed by atoms with van der Waals surface area (Å²) in [4.78, 5) is 133. The second-order valence-corrected chi connectivity index (χ2v) is 19.4. The van der Waals surface area contributed by atoms with Crippen LogP contribution in [0.5, 0.6) is 5.75 Å². The zero-order valence-electron chi connectivity index (χ0n) is 43.9. The molecule has 2 aromatic carbocycles. The predicted molar refractivity (Wildman–Crippen MR) is 276 cm³/mol. The highest BCUT2D eigenvalue weighted by Crippen LogP contribution is 2.15. The Hall–Kier alpha value is -7.22. The molecule has 10 atom stereocenters. The van der Waals surface area contributed by atoms with E-state index in [0.717, 1.165) is 0 Å². The lowest BCUT2D eigenvalue weighted by Gasteiger charge is -2.30. The SMILES string of the molecule is CC[C@H](C)[C@H](NC(=O)[C@H](Cc1ccc(O)cc1)NC(=O)[C@H](CO)NC(=O)[C@H](CC(C)C)NC(=O)[C@@H](N)CC(=O)O)C(=O)N[C@@H](CCCCN)C(=O)N[C@@H](CO)C(=O)N[C@@H](Cc1ccccc1)C(=O)N[C@H](C(=O)O)C(C)C. The lowest BCUT2D eigenvalue weighted by atomic mass is 9.96. The first kappa shape index (κ1) is 64.9. The molecule has 8 amide bonds. The lowest BCUT2D eigenvalue weighted by Crippen LogP contribution is -2.62. The van der Waals surface area contributed by atoms with Crippen molar-refractivity contribution in [2.24, 2.45) is 29.2 Å². The number of aromatic hydroxyl groups is 1. The van der Waals surface area contributed by atoms with Crippen LogP contribution in [0.15, 0.2) is 54.6 Å². The molecule has 25 nitrogen and oxygen atoms in total. The van der Waals surface area contributed by atoms with Gasteiger partial charge in [-0.05, 0) is 73.2 Å². The molecule has 0 aliphatic rings. The van der Waals surface area contributed by atoms with Gasteiger partial charge in [0, 0.05) is 12.8 Å². The van der Waals surface area contributed by atoms with Crippen molar-refractivity contribution in [2.75, 3.05) is 19.8 Å². The first-order chi connectivity index (χ1) is 35.8. The maximum atomic E-state index is 14.3. The number of hydrogen-bond acceptors (Lipinski definition) is 15. The first-order valence-electron chi connectivity index (χ1n) is 25.2. The maximum Gasteiger partial charge on any atom is 0.326 e. The van der Waals surface area contributed by atoms with E-state index < -0.39 is 145 Å². The number of carboxylic acids is 2. The Balaban J connectivity index is 2.43. The second-order valence-electron chi connectivity index (χ2n) is 19.4. The molecule has 0 aromatic heterocycles. The Morgan fingerprint density at radius 2 is 0.961 bits per heavy atom. The third-order valence-corrected chi connectivity index (χ3v) is 12.2. The number of nitrogens with one attached hydrogen (secondary N) is 8. The molecule has 25 heteroatoms. The standard InChI is InChI=1S/C51H78N10O15/c1-7-29(6)42(61-47(71)37(23-31-16-18-32(64)19-17-31)57-49(73)39(26-63)59-45(69)35(21-27(2)3)55-43(67)33(53)24-40(65)66)50(74)54-34(15-11-12-20-52)44(68)58-38(25-62)48(72)56-36(22-30-13-9-8-10-14-30)46(70)60-41(28(4)5)51(75)76/h8-10,13-14,16-19,27-29,33-39,41-42,62-64H,7,11-12,15,20-26,52-53H2,1-6H3,(H,54,74)(H,55,67)(H,56,72)(H,57,73)(H,58,68)(H,59,69)(H,60,70)(H,61,71)(H,65,66)(H,75,76)/t29-,33-,34-,35-,36-,37-,38-,39-,41-,42-/m0/s1. The highest BCUT2D eigenvalue weighted by Gasteiger charge is 2.37. The Morgan fingerprint density at radius 3 is 1.41 bits per heavy atom. The zero-order chi connectivity index (χ0) is 57.2. The van der Waals surface area contributed by atoms with Crippen LogP contribution in [0.1, 0.15) is 91.2 Å². The molecular weight excluding hydrogens is 993 g/mol. The van der Waals surface area contributed by atoms with Crippen LogP contribution in [0, 0.1) is 17.8 Å². The van der Waals surface area contributed by atoms with Gasteiger partial charge in [-0.2, -0.15) is 0 Å². The van der Waals surface area contributed by atoms with Crippen molar-refractivity contribution in [1.82, 2.24) is 42.5 Å². The molecular formula is C51H78N10O15. The number of carbonyl (C=O) groups is 10. The molecule has 0 bridgehead atoms. The van der Waals surface area contributed by atoms with E-state index >= 15 is 0 Å². The lowest BCUT2D eigenvalue weighted by molar-refractivity contribution is -0.143. The summed E-state index contributed by atoms with van der Waals surface area (Å²) in [5, 5.41) is 69.3. The van der Waals surface area contributed by atoms with Crippen molar-refractivity contribution in [3.63, 3.8) is 0 Å². The Labute approximate surface area is 441 Å². The van der Waals surface area contributed by atoms with Crippen molar-refractivity contribution in [3.8, 4) is 5.75 Å². The number of phenolic OH excluding ortho intramolecular Hbond substituents is 1. The van der Waals surface area contributed by atoms with Gasteiger partial charge in [0.15, 0.2) is 0 Å². The number of amides is 8. The average Bonchev–Trinajstić information content (AvgIpc) is 3.36. The van der Waals surface area contributed by atoms with Gasteiger partial charge in [-0.15, -0.1) is 0 Å². The van der Waals surface area contributed by atoms with Gasteiger partial charge in [0.25, 0.3) is 0 Å². The van der Waals surface area contributed by atoms with Crippen LogP contribution >= 0.6 is 0 Å². The molecule has 0 saturated heterocycles. The van der Waals surface area contributed by atoms with Gasteiger partial charge in [0.05, 0.1) is 25.7 Å². The minimum absolute atomic E-state index is 0.0151. The molecule has 0 aliphatic carbocycles. The molecule has 0 fully saturated rings. The van der Waals surface area contributed by atoms with Crippen LogP contribution < -0.4 is 54.0 Å². The largest absolute Gasteiger partial charge is 0.508 e. The summed E-state index contributed by atoms with van der Waals surface area (Å²) in [6.45, 7) is 8.24. The molecule has 76 heavy (non-hydrogen) atoms. The van der Waals surface area contributed by atoms with Crippen LogP contribution in [0.4, 0.5) is 0 Å². The van der Waals surface area contributed by atoms with Gasteiger partial charge in [0.1, 0.15) is 54.1 Å². The van der Waals surface area contributed by atoms with Crippen molar-refractivity contribution >= 4 is 59.2 Å². The number of phenols is 1. The number of aliphatic hydroxyl groups excluding tert-OH is 2. The van der Waals surface area contributed by atoms with Crippen molar-refractivity contribution < 1.29 is 73.5 Å². The molecule has 0 heterocycles. The van der Waals surface area contributed by atoms with Crippen LogP contribution in [0.2, 0.25) is 0 Å². The summed E-state index contributed by atoms with van der Waals surface area (Å²) in [6, 6.07) is 0.862. The smallest absolute Gasteiger partial charge is 0.326 e. The summed E-state index contributed by atoms with van der Waals surface area (Å²) >= 11 is 0. The fourth-order valence-electron chi connectivity index (χ4n) is 7.62. The van der Waals surface area contributed by atoms with Gasteiger partial charge in [0.2, 0.25) is 47.3 Å². The Morgan fingerprint density at radius 1 is 0.526 bits per heavy atom. The van der Waals surface area contributed by atoms with Crippen molar-refractivity contribution in [3.05, 3.63) is 65.7 Å². The Bertz CT molecular complexity index is 2250. The van der Waals surface area contributed by atoms with Gasteiger partial charge < -0.3 is 79.5 Å². The van der Waals surface area contributed by atoms with E-state index in [2.05, 4.69) is 42.5 Å². The van der Waals surface area contributed by atoms with Crippen LogP contribution in [0.3, 0.4) is 0 Å². The molecule has 17 N–H and O–H groups in total. The Kier molecular flexibility index (Phi) is 28.1. The average molecular weight is 1070 g/mol. The van der Waals surface area contributed by atoms with E-state index in [-0.39, 0.29) is 50.3 Å². The molecule has 0 unspecified atom stereocenters. The number of aliphatic hydroxyl groups is 2. The molecule has 0 saturated carbocycles. The number of rotatable bonds is 34. The van der Waals surface area contributed by atoms with Gasteiger partial charge in [-0.3, -0.25) is 43.2 Å². The molecule has 0 aliphatic heterocycles. The minimum atomic E-state index is -1.71.